The van der Waals surface area contributed by atoms with Crippen molar-refractivity contribution in [1.82, 2.24) is 0 Å². The van der Waals surface area contributed by atoms with Gasteiger partial charge in [-0.3, -0.25) is 0 Å². The second-order valence-corrected chi connectivity index (χ2v) is 32.5. The molecule has 4 aromatic rings. The van der Waals surface area contributed by atoms with Crippen LogP contribution in [0.15, 0.2) is 97.1 Å². The second-order valence-electron chi connectivity index (χ2n) is 19.4. The molecule has 0 heterocycles. The van der Waals surface area contributed by atoms with Gasteiger partial charge in [0.25, 0.3) is 0 Å². The van der Waals surface area contributed by atoms with Gasteiger partial charge in [-0.05, 0) is 128 Å². The van der Waals surface area contributed by atoms with Crippen LogP contribution in [0.5, 0.6) is 23.0 Å². The molecule has 0 atom stereocenters. The lowest BCUT2D eigenvalue weighted by atomic mass is 10.1. The minimum Gasteiger partial charge on any atom is -0.494 e. The number of rotatable bonds is 44. The average molecular weight is 1390 g/mol. The molecular weight excluding hydrogens is 1300 g/mol. The summed E-state index contributed by atoms with van der Waals surface area (Å²) in [4.78, 5) is 0. The molecule has 0 aliphatic heterocycles. The van der Waals surface area contributed by atoms with Crippen molar-refractivity contribution in [1.29, 1.82) is 0 Å². The molecule has 0 N–H and O–H groups in total. The highest BCUT2D eigenvalue weighted by molar-refractivity contribution is 7.88. The Balaban J connectivity index is 1.61. The number of hydrogen-bond acceptors (Lipinski definition) is 10. The molecule has 0 amide bonds. The van der Waals surface area contributed by atoms with Crippen LogP contribution in [0.4, 0.5) is 26.3 Å². The zero-order valence-corrected chi connectivity index (χ0v) is 52.4. The summed E-state index contributed by atoms with van der Waals surface area (Å²) < 4.78 is 186. The van der Waals surface area contributed by atoms with Gasteiger partial charge in [0.15, 0.2) is 14.3 Å². The first-order valence-corrected chi connectivity index (χ1v) is 37.1. The van der Waals surface area contributed by atoms with E-state index in [1.807, 2.05) is 0 Å². The normalized spacial score (nSPS) is 12.6. The third-order valence-corrected chi connectivity index (χ3v) is 27.5. The van der Waals surface area contributed by atoms with Crippen LogP contribution in [0, 0.1) is 14.3 Å². The summed E-state index contributed by atoms with van der Waals surface area (Å²) in [5.74, 6) is -5.76. The Morgan fingerprint density at radius 1 is 0.316 bits per heavy atom. The maximum Gasteiger partial charge on any atom is 0.443 e. The minimum absolute atomic E-state index is 0.00506. The van der Waals surface area contributed by atoms with Crippen LogP contribution in [0.1, 0.15) is 182 Å². The maximum atomic E-state index is 16.3. The number of benzene rings is 4. The Morgan fingerprint density at radius 3 is 0.709 bits per heavy atom. The molecule has 0 bridgehead atoms. The molecule has 79 heavy (non-hydrogen) atoms. The van der Waals surface area contributed by atoms with Crippen LogP contribution in [0.2, 0.25) is 0 Å². The van der Waals surface area contributed by atoms with Crippen molar-refractivity contribution >= 4 is 20.2 Å². The smallest absolute Gasteiger partial charge is 0.443 e. The molecule has 0 aliphatic carbocycles. The monoisotopic (exact) mass is 1380 g/mol. The summed E-state index contributed by atoms with van der Waals surface area (Å²) in [6.07, 6.45) is 24.1. The van der Waals surface area contributed by atoms with E-state index in [1.165, 1.54) is 97.1 Å². The van der Waals surface area contributed by atoms with Gasteiger partial charge in [0.2, 0.25) is 0 Å². The summed E-state index contributed by atoms with van der Waals surface area (Å²) in [7, 11) is -14.2. The van der Waals surface area contributed by atoms with Crippen molar-refractivity contribution in [2.75, 3.05) is 26.4 Å². The first kappa shape index (κ1) is 68.4. The highest BCUT2D eigenvalue weighted by Crippen LogP contribution is 2.51. The predicted octanol–water partition coefficient (Wildman–Crippen LogP) is 11.0. The van der Waals surface area contributed by atoms with E-state index in [0.717, 1.165) is 154 Å². The van der Waals surface area contributed by atoms with Crippen LogP contribution >= 0.6 is 0 Å². The number of ether oxygens (including phenoxy) is 4. The Hall–Kier alpha value is -3.06. The molecule has 4 aromatic carbocycles. The highest BCUT2D eigenvalue weighted by Gasteiger charge is 2.85. The minimum atomic E-state index is -7.15. The zero-order valence-electron chi connectivity index (χ0n) is 46.5. The van der Waals surface area contributed by atoms with Crippen LogP contribution in [-0.2, 0) is 25.3 Å². The van der Waals surface area contributed by atoms with Gasteiger partial charge in [-0.1, -0.05) is 156 Å². The van der Waals surface area contributed by atoms with Gasteiger partial charge >= 0.3 is 77.1 Å². The summed E-state index contributed by atoms with van der Waals surface area (Å²) >= 11 is -8.66. The van der Waals surface area contributed by atoms with E-state index in [0.29, 0.717) is 49.4 Å². The predicted molar refractivity (Wildman–Crippen MR) is 291 cm³/mol. The van der Waals surface area contributed by atoms with E-state index in [4.69, 9.17) is 24.0 Å². The second kappa shape index (κ2) is 35.8. The van der Waals surface area contributed by atoms with E-state index in [2.05, 4.69) is 27.7 Å². The molecule has 2 radical (unpaired) electrons. The van der Waals surface area contributed by atoms with Crippen molar-refractivity contribution in [3.05, 3.63) is 111 Å². The average Bonchev–Trinajstić information content (AvgIpc) is 3.61. The van der Waals surface area contributed by atoms with E-state index >= 15 is 26.3 Å². The Labute approximate surface area is 483 Å². The number of unbranched alkanes of at least 4 members (excludes halogenated alkanes) is 20. The molecule has 0 fully saturated rings. The van der Waals surface area contributed by atoms with Gasteiger partial charge in [-0.15, -0.1) is 0 Å². The fourth-order valence-electron chi connectivity index (χ4n) is 8.00. The van der Waals surface area contributed by atoms with Crippen LogP contribution in [0.25, 0.3) is 0 Å². The number of halogens is 8. The lowest BCUT2D eigenvalue weighted by Gasteiger charge is -2.29. The lowest BCUT2D eigenvalue weighted by Crippen LogP contribution is -3.85. The van der Waals surface area contributed by atoms with Crippen LogP contribution in [-0.4, -0.2) is 59.7 Å². The molecule has 0 saturated carbocycles. The van der Waals surface area contributed by atoms with Crippen molar-refractivity contribution in [2.24, 2.45) is 0 Å². The van der Waals surface area contributed by atoms with E-state index in [9.17, 15) is 16.8 Å². The molecular formula is C59H84F6I2O10S2+2. The fraction of sp³-hybridized carbons (Fsp3) is 0.593. The van der Waals surface area contributed by atoms with Crippen molar-refractivity contribution in [3.8, 4) is 23.0 Å². The first-order valence-electron chi connectivity index (χ1n) is 28.2. The molecule has 0 aromatic heterocycles. The molecule has 0 aliphatic rings. The molecule has 0 unspecified atom stereocenters. The Morgan fingerprint density at radius 2 is 0.506 bits per heavy atom. The molecule has 0 spiro atoms. The largest absolute Gasteiger partial charge is 0.494 e. The van der Waals surface area contributed by atoms with Gasteiger partial charge in [0.05, 0.1) is 26.4 Å². The topological polar surface area (TPSA) is 124 Å². The number of alkyl halides is 6. The van der Waals surface area contributed by atoms with Crippen molar-refractivity contribution < 1.29 is 108 Å². The first-order chi connectivity index (χ1) is 37.9. The highest BCUT2D eigenvalue weighted by atomic mass is 127. The summed E-state index contributed by atoms with van der Waals surface area (Å²) in [5.41, 5.74) is 0. The zero-order chi connectivity index (χ0) is 57.6. The third kappa shape index (κ3) is 21.9. The van der Waals surface area contributed by atoms with E-state index < -0.39 is 77.1 Å². The standard InChI is InChI=1S/C59H84F6I2O10S2/c1-5-9-13-17-21-25-45-72-53-37-29-49(30-38-53)66(50-31-39-54(40-32-50)73-46-26-22-18-14-10-6-2)76-78(68,69)58(62,63)57(60,61)59(64,65)79(70,71)77-67(51-33-41-55(42-34-51)74-47-27-23-19-15-11-7-3)52-35-43-56(44-36-52)75-48-28-24-20-16-12-8-4/h29-44H,5-28,45-48H2,1-4H3/q+2. The van der Waals surface area contributed by atoms with Crippen molar-refractivity contribution in [3.63, 3.8) is 0 Å². The molecule has 4 rings (SSSR count). The fourth-order valence-corrected chi connectivity index (χ4v) is 21.9. The third-order valence-electron chi connectivity index (χ3n) is 12.8. The molecule has 0 saturated heterocycles. The van der Waals surface area contributed by atoms with Gasteiger partial charge in [-0.25, -0.2) is 0 Å². The molecule has 10 nitrogen and oxygen atoms in total. The number of hydrogen-bond donors (Lipinski definition) is 0. The Kier molecular flexibility index (Phi) is 31.0. The van der Waals surface area contributed by atoms with Gasteiger partial charge < -0.3 is 18.9 Å². The summed E-state index contributed by atoms with van der Waals surface area (Å²) in [5, 5.41) is -13.7. The van der Waals surface area contributed by atoms with Gasteiger partial charge in [0.1, 0.15) is 23.0 Å². The van der Waals surface area contributed by atoms with E-state index in [1.54, 1.807) is 0 Å². The van der Waals surface area contributed by atoms with Gasteiger partial charge in [-0.2, -0.15) is 43.2 Å². The Bertz CT molecular complexity index is 2210. The maximum absolute atomic E-state index is 16.3. The lowest BCUT2D eigenvalue weighted by molar-refractivity contribution is -1.03. The van der Waals surface area contributed by atoms with E-state index in [-0.39, 0.29) is 14.3 Å². The molecule has 20 heteroatoms. The molecule has 446 valence electrons. The van der Waals surface area contributed by atoms with Crippen LogP contribution in [0.3, 0.4) is 0 Å². The van der Waals surface area contributed by atoms with Gasteiger partial charge in [0, 0.05) is 0 Å². The van der Waals surface area contributed by atoms with Crippen molar-refractivity contribution in [2.45, 2.75) is 198 Å². The quantitative estimate of drug-likeness (QED) is 0.0240. The SMILES string of the molecule is CCCCCCCCOc1ccc([I+](OS(=O)(=O)C(F)(F)C(F)(F)C(F)(F)S(=O)(=O)O[I+](c2ccc(OCCCCCCCC)cc2)c2ccc(OCCCCCCCC)cc2)c2ccc(OCCCCCCCC)cc2)cc1. The van der Waals surface area contributed by atoms with Crippen LogP contribution < -0.4 is 59.4 Å². The summed E-state index contributed by atoms with van der Waals surface area (Å²) in [6, 6.07) is 22.1. The summed E-state index contributed by atoms with van der Waals surface area (Å²) in [6.45, 7) is 9.88.